The molecule has 0 spiro atoms. The fourth-order valence-electron chi connectivity index (χ4n) is 4.13. The fraction of sp³-hybridized carbons (Fsp3) is 0.286. The maximum absolute atomic E-state index is 12.8. The Morgan fingerprint density at radius 2 is 1.66 bits per heavy atom. The van der Waals surface area contributed by atoms with E-state index in [1.807, 2.05) is 48.5 Å². The van der Waals surface area contributed by atoms with Gasteiger partial charge >= 0.3 is 0 Å². The van der Waals surface area contributed by atoms with E-state index in [-0.39, 0.29) is 17.7 Å². The molecule has 0 aromatic heterocycles. The van der Waals surface area contributed by atoms with Crippen LogP contribution in [0.5, 0.6) is 11.5 Å². The topological polar surface area (TPSA) is 67.9 Å². The molecule has 3 aromatic rings. The van der Waals surface area contributed by atoms with E-state index in [2.05, 4.69) is 5.32 Å². The Morgan fingerprint density at radius 1 is 0.943 bits per heavy atom. The van der Waals surface area contributed by atoms with E-state index in [9.17, 15) is 9.59 Å². The highest BCUT2D eigenvalue weighted by molar-refractivity contribution is 6.30. The van der Waals surface area contributed by atoms with Gasteiger partial charge in [0.1, 0.15) is 6.61 Å². The van der Waals surface area contributed by atoms with Crippen LogP contribution in [0.3, 0.4) is 0 Å². The van der Waals surface area contributed by atoms with Crippen LogP contribution in [-0.4, -0.2) is 36.9 Å². The second kappa shape index (κ2) is 11.8. The van der Waals surface area contributed by atoms with Crippen LogP contribution in [-0.2, 0) is 17.9 Å². The van der Waals surface area contributed by atoms with Crippen LogP contribution >= 0.6 is 11.6 Å². The number of carbonyl (C=O) groups is 2. The lowest BCUT2D eigenvalue weighted by Crippen LogP contribution is -2.42. The SMILES string of the molecule is COc1cc(CNC(=O)C2CCN(C(=O)c3ccc(Cl)cc3)CC2)ccc1OCc1ccccc1. The third-order valence-corrected chi connectivity index (χ3v) is 6.43. The van der Waals surface area contributed by atoms with Gasteiger partial charge in [-0.25, -0.2) is 0 Å². The Labute approximate surface area is 210 Å². The average molecular weight is 493 g/mol. The van der Waals surface area contributed by atoms with Crippen LogP contribution in [0.4, 0.5) is 0 Å². The lowest BCUT2D eigenvalue weighted by atomic mass is 9.95. The number of methoxy groups -OCH3 is 1. The summed E-state index contributed by atoms with van der Waals surface area (Å²) in [5, 5.41) is 3.63. The van der Waals surface area contributed by atoms with E-state index >= 15 is 0 Å². The molecular formula is C28H29ClN2O4. The first kappa shape index (κ1) is 24.6. The number of hydrogen-bond acceptors (Lipinski definition) is 4. The molecule has 4 rings (SSSR count). The molecule has 1 fully saturated rings. The van der Waals surface area contributed by atoms with Gasteiger partial charge in [0.2, 0.25) is 5.91 Å². The standard InChI is InChI=1S/C28H29ClN2O4/c1-34-26-17-21(7-12-25(26)35-19-20-5-3-2-4-6-20)18-30-27(32)22-13-15-31(16-14-22)28(33)23-8-10-24(29)11-9-23/h2-12,17,22H,13-16,18-19H2,1H3,(H,30,32). The molecule has 1 saturated heterocycles. The molecule has 0 atom stereocenters. The monoisotopic (exact) mass is 492 g/mol. The lowest BCUT2D eigenvalue weighted by Gasteiger charge is -2.31. The van der Waals surface area contributed by atoms with Crippen LogP contribution < -0.4 is 14.8 Å². The van der Waals surface area contributed by atoms with Crippen molar-refractivity contribution in [3.8, 4) is 11.5 Å². The van der Waals surface area contributed by atoms with Crippen molar-refractivity contribution in [2.75, 3.05) is 20.2 Å². The molecule has 0 saturated carbocycles. The van der Waals surface area contributed by atoms with Crippen molar-refractivity contribution in [2.24, 2.45) is 5.92 Å². The van der Waals surface area contributed by atoms with E-state index in [4.69, 9.17) is 21.1 Å². The van der Waals surface area contributed by atoms with Crippen molar-refractivity contribution in [2.45, 2.75) is 26.0 Å². The van der Waals surface area contributed by atoms with Gasteiger partial charge in [0.05, 0.1) is 7.11 Å². The summed E-state index contributed by atoms with van der Waals surface area (Å²) in [6, 6.07) is 22.5. The van der Waals surface area contributed by atoms with Crippen LogP contribution in [0.25, 0.3) is 0 Å². The van der Waals surface area contributed by atoms with Gasteiger partial charge in [-0.15, -0.1) is 0 Å². The maximum Gasteiger partial charge on any atom is 0.253 e. The van der Waals surface area contributed by atoms with Gasteiger partial charge in [-0.2, -0.15) is 0 Å². The minimum absolute atomic E-state index is 0.00645. The van der Waals surface area contributed by atoms with Crippen LogP contribution in [0, 0.1) is 5.92 Å². The summed E-state index contributed by atoms with van der Waals surface area (Å²) >= 11 is 5.91. The van der Waals surface area contributed by atoms with Crippen LogP contribution in [0.2, 0.25) is 5.02 Å². The number of halogens is 1. The first-order valence-electron chi connectivity index (χ1n) is 11.7. The van der Waals surface area contributed by atoms with Crippen molar-refractivity contribution in [3.05, 3.63) is 94.5 Å². The molecule has 7 heteroatoms. The Hall–Kier alpha value is -3.51. The first-order valence-corrected chi connectivity index (χ1v) is 12.1. The number of rotatable bonds is 8. The molecule has 182 valence electrons. The molecular weight excluding hydrogens is 464 g/mol. The van der Waals surface area contributed by atoms with Crippen molar-refractivity contribution in [1.82, 2.24) is 10.2 Å². The highest BCUT2D eigenvalue weighted by Gasteiger charge is 2.27. The van der Waals surface area contributed by atoms with Gasteiger partial charge in [0.25, 0.3) is 5.91 Å². The quantitative estimate of drug-likeness (QED) is 0.475. The number of amides is 2. The van der Waals surface area contributed by atoms with Gasteiger partial charge in [-0.05, 0) is 60.4 Å². The molecule has 0 bridgehead atoms. The van der Waals surface area contributed by atoms with Crippen LogP contribution in [0.1, 0.15) is 34.3 Å². The lowest BCUT2D eigenvalue weighted by molar-refractivity contribution is -0.126. The van der Waals surface area contributed by atoms with E-state index < -0.39 is 0 Å². The highest BCUT2D eigenvalue weighted by Crippen LogP contribution is 2.29. The molecule has 1 aliphatic rings. The summed E-state index contributed by atoms with van der Waals surface area (Å²) in [4.78, 5) is 27.2. The highest BCUT2D eigenvalue weighted by atomic mass is 35.5. The number of ether oxygens (including phenoxy) is 2. The molecule has 35 heavy (non-hydrogen) atoms. The number of carbonyl (C=O) groups excluding carboxylic acids is 2. The smallest absolute Gasteiger partial charge is 0.253 e. The summed E-state index contributed by atoms with van der Waals surface area (Å²) < 4.78 is 11.4. The van der Waals surface area contributed by atoms with Crippen molar-refractivity contribution >= 4 is 23.4 Å². The molecule has 1 aliphatic heterocycles. The Morgan fingerprint density at radius 3 is 2.34 bits per heavy atom. The number of piperidine rings is 1. The Kier molecular flexibility index (Phi) is 8.27. The van der Waals surface area contributed by atoms with Crippen molar-refractivity contribution < 1.29 is 19.1 Å². The maximum atomic E-state index is 12.8. The fourth-order valence-corrected chi connectivity index (χ4v) is 4.26. The Balaban J connectivity index is 1.26. The summed E-state index contributed by atoms with van der Waals surface area (Å²) in [7, 11) is 1.60. The minimum atomic E-state index is -0.111. The molecule has 0 aliphatic carbocycles. The third kappa shape index (κ3) is 6.55. The van der Waals surface area contributed by atoms with E-state index in [1.54, 1.807) is 36.3 Å². The minimum Gasteiger partial charge on any atom is -0.493 e. The number of nitrogens with zero attached hydrogens (tertiary/aromatic N) is 1. The summed E-state index contributed by atoms with van der Waals surface area (Å²) in [6.07, 6.45) is 1.28. The molecule has 0 unspecified atom stereocenters. The van der Waals surface area contributed by atoms with Gasteiger partial charge < -0.3 is 19.7 Å². The molecule has 1 heterocycles. The normalized spacial score (nSPS) is 13.8. The summed E-state index contributed by atoms with van der Waals surface area (Å²) in [5.41, 5.74) is 2.62. The van der Waals surface area contributed by atoms with Gasteiger partial charge in [-0.3, -0.25) is 9.59 Å². The number of likely N-dealkylation sites (tertiary alicyclic amines) is 1. The molecule has 1 N–H and O–H groups in total. The first-order chi connectivity index (χ1) is 17.0. The van der Waals surface area contributed by atoms with Gasteiger partial charge in [-0.1, -0.05) is 48.0 Å². The zero-order valence-corrected chi connectivity index (χ0v) is 20.5. The third-order valence-electron chi connectivity index (χ3n) is 6.18. The molecule has 6 nitrogen and oxygen atoms in total. The largest absolute Gasteiger partial charge is 0.493 e. The van der Waals surface area contributed by atoms with Gasteiger partial charge in [0.15, 0.2) is 11.5 Å². The van der Waals surface area contributed by atoms with Crippen LogP contribution in [0.15, 0.2) is 72.8 Å². The predicted octanol–water partition coefficient (Wildman–Crippen LogP) is 5.10. The summed E-state index contributed by atoms with van der Waals surface area (Å²) in [5.74, 6) is 1.15. The number of hydrogen-bond donors (Lipinski definition) is 1. The zero-order valence-electron chi connectivity index (χ0n) is 19.7. The second-order valence-corrected chi connectivity index (χ2v) is 8.99. The molecule has 3 aromatic carbocycles. The van der Waals surface area contributed by atoms with E-state index in [0.717, 1.165) is 11.1 Å². The Bertz CT molecular complexity index is 1140. The van der Waals surface area contributed by atoms with E-state index in [1.165, 1.54) is 0 Å². The average Bonchev–Trinajstić information content (AvgIpc) is 2.91. The van der Waals surface area contributed by atoms with Crippen molar-refractivity contribution in [3.63, 3.8) is 0 Å². The number of benzene rings is 3. The van der Waals surface area contributed by atoms with Gasteiger partial charge in [0, 0.05) is 36.1 Å². The summed E-state index contributed by atoms with van der Waals surface area (Å²) in [6.45, 7) is 1.96. The molecule has 2 amide bonds. The number of nitrogens with one attached hydrogen (secondary N) is 1. The second-order valence-electron chi connectivity index (χ2n) is 8.55. The predicted molar refractivity (Wildman–Crippen MR) is 136 cm³/mol. The molecule has 0 radical (unpaired) electrons. The zero-order chi connectivity index (χ0) is 24.6. The van der Waals surface area contributed by atoms with E-state index in [0.29, 0.717) is 61.2 Å². The van der Waals surface area contributed by atoms with Crippen molar-refractivity contribution in [1.29, 1.82) is 0 Å².